The lowest BCUT2D eigenvalue weighted by molar-refractivity contribution is 0.287. The maximum Gasteiger partial charge on any atom is 0.129 e. The third-order valence-electron chi connectivity index (χ3n) is 7.17. The molecule has 6 heteroatoms. The normalized spacial score (nSPS) is 26.5. The standard InChI is InChI=1S/C22H24N6/c1-23-22-21(17-10-26-28-19(17)11-24-22)20-14-5-4-13(8-14)16(20)6-12-2-3-15-9-25-27-18(15)7-12/h2-3,7,9-11,13-14,16,20H,4-6,8H2,1H3,(H,23,24)(H,25,27)(H,26,28)/t13?,14?,16-,20+/m1/s1. The third-order valence-corrected chi connectivity index (χ3v) is 7.17. The molecular formula is C22H24N6. The molecule has 0 spiro atoms. The van der Waals surface area contributed by atoms with Gasteiger partial charge in [0.2, 0.25) is 0 Å². The van der Waals surface area contributed by atoms with E-state index in [2.05, 4.69) is 43.9 Å². The molecule has 28 heavy (non-hydrogen) atoms. The summed E-state index contributed by atoms with van der Waals surface area (Å²) in [6.45, 7) is 0. The average Bonchev–Trinajstić information content (AvgIpc) is 3.49. The molecule has 2 fully saturated rings. The molecule has 0 amide bonds. The van der Waals surface area contributed by atoms with Gasteiger partial charge in [0, 0.05) is 23.4 Å². The maximum absolute atomic E-state index is 4.71. The zero-order valence-electron chi connectivity index (χ0n) is 15.9. The van der Waals surface area contributed by atoms with Gasteiger partial charge in [-0.2, -0.15) is 10.2 Å². The predicted octanol–water partition coefficient (Wildman–Crippen LogP) is 4.25. The van der Waals surface area contributed by atoms with Gasteiger partial charge in [-0.15, -0.1) is 0 Å². The Hall–Kier alpha value is -2.89. The van der Waals surface area contributed by atoms with Crippen LogP contribution in [-0.2, 0) is 6.42 Å². The fourth-order valence-electron chi connectivity index (χ4n) is 6.01. The number of hydrogen-bond donors (Lipinski definition) is 3. The molecule has 2 saturated carbocycles. The molecule has 3 heterocycles. The van der Waals surface area contributed by atoms with Crippen LogP contribution < -0.4 is 5.32 Å². The second-order valence-electron chi connectivity index (χ2n) is 8.49. The molecule has 2 aliphatic carbocycles. The van der Waals surface area contributed by atoms with Crippen molar-refractivity contribution in [2.75, 3.05) is 12.4 Å². The predicted molar refractivity (Wildman–Crippen MR) is 110 cm³/mol. The van der Waals surface area contributed by atoms with Gasteiger partial charge in [0.15, 0.2) is 0 Å². The number of fused-ring (bicyclic) bond motifs is 4. The van der Waals surface area contributed by atoms with Crippen molar-refractivity contribution in [3.05, 3.63) is 47.9 Å². The quantitative estimate of drug-likeness (QED) is 0.500. The highest BCUT2D eigenvalue weighted by atomic mass is 15.1. The number of aromatic amines is 2. The van der Waals surface area contributed by atoms with Gasteiger partial charge in [-0.3, -0.25) is 10.2 Å². The first kappa shape index (κ1) is 16.1. The van der Waals surface area contributed by atoms with Crippen LogP contribution in [0.15, 0.2) is 36.8 Å². The number of rotatable bonds is 4. The first-order chi connectivity index (χ1) is 13.8. The molecule has 0 radical (unpaired) electrons. The summed E-state index contributed by atoms with van der Waals surface area (Å²) in [7, 11) is 1.98. The molecule has 1 aromatic carbocycles. The van der Waals surface area contributed by atoms with Crippen LogP contribution in [0.1, 0.15) is 36.3 Å². The number of aromatic nitrogens is 5. The minimum absolute atomic E-state index is 0.535. The highest BCUT2D eigenvalue weighted by molar-refractivity contribution is 5.85. The van der Waals surface area contributed by atoms with Crippen molar-refractivity contribution in [3.8, 4) is 0 Å². The fourth-order valence-corrected chi connectivity index (χ4v) is 6.01. The molecule has 4 atom stereocenters. The molecule has 0 aliphatic heterocycles. The number of nitrogens with zero attached hydrogens (tertiary/aromatic N) is 3. The Balaban J connectivity index is 1.44. The molecular weight excluding hydrogens is 348 g/mol. The summed E-state index contributed by atoms with van der Waals surface area (Å²) >= 11 is 0. The molecule has 2 aliphatic rings. The smallest absolute Gasteiger partial charge is 0.129 e. The van der Waals surface area contributed by atoms with Crippen molar-refractivity contribution in [2.45, 2.75) is 31.6 Å². The largest absolute Gasteiger partial charge is 0.373 e. The Kier molecular flexibility index (Phi) is 3.48. The molecule has 142 valence electrons. The van der Waals surface area contributed by atoms with Crippen LogP contribution in [0.4, 0.5) is 5.82 Å². The Labute approximate surface area is 163 Å². The summed E-state index contributed by atoms with van der Waals surface area (Å²) < 4.78 is 0. The van der Waals surface area contributed by atoms with Crippen molar-refractivity contribution in [2.24, 2.45) is 17.8 Å². The Morgan fingerprint density at radius 2 is 1.89 bits per heavy atom. The highest BCUT2D eigenvalue weighted by Gasteiger charge is 2.49. The van der Waals surface area contributed by atoms with E-state index in [1.807, 2.05) is 25.6 Å². The van der Waals surface area contributed by atoms with E-state index >= 15 is 0 Å². The van der Waals surface area contributed by atoms with Crippen LogP contribution in [0.2, 0.25) is 0 Å². The lowest BCUT2D eigenvalue weighted by Crippen LogP contribution is -2.24. The Morgan fingerprint density at radius 3 is 2.82 bits per heavy atom. The van der Waals surface area contributed by atoms with Gasteiger partial charge in [0.1, 0.15) is 5.82 Å². The molecule has 3 aromatic heterocycles. The monoisotopic (exact) mass is 372 g/mol. The third kappa shape index (κ3) is 2.30. The van der Waals surface area contributed by atoms with Crippen molar-refractivity contribution in [3.63, 3.8) is 0 Å². The zero-order chi connectivity index (χ0) is 18.7. The van der Waals surface area contributed by atoms with Gasteiger partial charge in [-0.1, -0.05) is 12.1 Å². The number of benzene rings is 1. The van der Waals surface area contributed by atoms with Crippen LogP contribution in [0, 0.1) is 17.8 Å². The van der Waals surface area contributed by atoms with Crippen LogP contribution in [0.5, 0.6) is 0 Å². The fraction of sp³-hybridized carbons (Fsp3) is 0.409. The number of hydrogen-bond acceptors (Lipinski definition) is 4. The van der Waals surface area contributed by atoms with Crippen LogP contribution in [0.25, 0.3) is 21.8 Å². The van der Waals surface area contributed by atoms with Gasteiger partial charge < -0.3 is 5.32 Å². The maximum atomic E-state index is 4.71. The molecule has 0 saturated heterocycles. The van der Waals surface area contributed by atoms with E-state index < -0.39 is 0 Å². The second-order valence-corrected chi connectivity index (χ2v) is 8.49. The van der Waals surface area contributed by atoms with E-state index in [9.17, 15) is 0 Å². The Bertz CT molecular complexity index is 1160. The van der Waals surface area contributed by atoms with E-state index in [1.165, 1.54) is 41.2 Å². The van der Waals surface area contributed by atoms with Crippen molar-refractivity contribution in [1.82, 2.24) is 25.4 Å². The van der Waals surface area contributed by atoms with Gasteiger partial charge in [-0.25, -0.2) is 4.98 Å². The van der Waals surface area contributed by atoms with E-state index in [-0.39, 0.29) is 0 Å². The van der Waals surface area contributed by atoms with Crippen LogP contribution >= 0.6 is 0 Å². The summed E-state index contributed by atoms with van der Waals surface area (Å²) in [5, 5.41) is 20.5. The molecule has 4 aromatic rings. The Morgan fingerprint density at radius 1 is 1.04 bits per heavy atom. The lowest BCUT2D eigenvalue weighted by Gasteiger charge is -2.33. The molecule has 6 rings (SSSR count). The SMILES string of the molecule is CNc1ncc2[nH]ncc2c1[C@H]1C2CCC(C2)[C@H]1Cc1ccc2cn[nH]c2c1. The van der Waals surface area contributed by atoms with Gasteiger partial charge in [-0.05, 0) is 61.0 Å². The number of anilines is 1. The van der Waals surface area contributed by atoms with Gasteiger partial charge >= 0.3 is 0 Å². The summed E-state index contributed by atoms with van der Waals surface area (Å²) in [4.78, 5) is 4.71. The van der Waals surface area contributed by atoms with Crippen molar-refractivity contribution < 1.29 is 0 Å². The van der Waals surface area contributed by atoms with Gasteiger partial charge in [0.25, 0.3) is 0 Å². The first-order valence-corrected chi connectivity index (χ1v) is 10.2. The molecule has 2 unspecified atom stereocenters. The number of H-pyrrole nitrogens is 2. The van der Waals surface area contributed by atoms with Crippen LogP contribution in [-0.4, -0.2) is 32.4 Å². The number of nitrogens with one attached hydrogen (secondary N) is 3. The summed E-state index contributed by atoms with van der Waals surface area (Å²) in [6.07, 6.45) is 10.9. The van der Waals surface area contributed by atoms with E-state index in [0.29, 0.717) is 11.8 Å². The lowest BCUT2D eigenvalue weighted by atomic mass is 9.72. The first-order valence-electron chi connectivity index (χ1n) is 10.2. The van der Waals surface area contributed by atoms with E-state index in [0.717, 1.165) is 35.1 Å². The summed E-state index contributed by atoms with van der Waals surface area (Å²) in [5.41, 5.74) is 4.94. The van der Waals surface area contributed by atoms with Crippen molar-refractivity contribution >= 4 is 27.6 Å². The highest BCUT2D eigenvalue weighted by Crippen LogP contribution is 2.59. The minimum atomic E-state index is 0.535. The topological polar surface area (TPSA) is 82.3 Å². The van der Waals surface area contributed by atoms with Crippen LogP contribution in [0.3, 0.4) is 0 Å². The summed E-state index contributed by atoms with van der Waals surface area (Å²) in [5.74, 6) is 3.75. The average molecular weight is 372 g/mol. The van der Waals surface area contributed by atoms with E-state index in [4.69, 9.17) is 4.98 Å². The zero-order valence-corrected chi connectivity index (χ0v) is 15.9. The van der Waals surface area contributed by atoms with Gasteiger partial charge in [0.05, 0.1) is 29.6 Å². The molecule has 3 N–H and O–H groups in total. The van der Waals surface area contributed by atoms with Crippen molar-refractivity contribution in [1.29, 1.82) is 0 Å². The van der Waals surface area contributed by atoms with E-state index in [1.54, 1.807) is 0 Å². The second kappa shape index (κ2) is 6.06. The summed E-state index contributed by atoms with van der Waals surface area (Å²) in [6, 6.07) is 6.74. The molecule has 2 bridgehead atoms. The minimum Gasteiger partial charge on any atom is -0.373 e. The number of pyridine rings is 1. The molecule has 6 nitrogen and oxygen atoms in total.